The molecule has 0 aliphatic carbocycles. The molecule has 4 nitrogen and oxygen atoms in total. The molecule has 0 amide bonds. The summed E-state index contributed by atoms with van der Waals surface area (Å²) >= 11 is -2.44. The number of furan rings is 1. The Kier molecular flexibility index (Phi) is 7.07. The van der Waals surface area contributed by atoms with Crippen molar-refractivity contribution in [2.24, 2.45) is 0 Å². The zero-order valence-corrected chi connectivity index (χ0v) is 28.3. The van der Waals surface area contributed by atoms with Crippen molar-refractivity contribution in [1.29, 1.82) is 0 Å². The maximum atomic E-state index is 7.91. The number of benzene rings is 4. The van der Waals surface area contributed by atoms with Gasteiger partial charge in [0.1, 0.15) is 0 Å². The molecule has 0 atom stereocenters. The zero-order valence-electron chi connectivity index (χ0n) is 28.8. The van der Waals surface area contributed by atoms with Crippen LogP contribution in [0.25, 0.3) is 49.9 Å². The first-order chi connectivity index (χ1) is 21.7. The molecule has 42 heavy (non-hydrogen) atoms. The van der Waals surface area contributed by atoms with Crippen molar-refractivity contribution < 1.29 is 35.9 Å². The smallest absolute Gasteiger partial charge is 3.00 e. The van der Waals surface area contributed by atoms with Crippen molar-refractivity contribution in [3.63, 3.8) is 0 Å². The van der Waals surface area contributed by atoms with Crippen LogP contribution in [0, 0.1) is 25.3 Å². The second-order valence-electron chi connectivity index (χ2n) is 10.8. The first-order valence-electron chi connectivity index (χ1n) is 16.0. The quantitative estimate of drug-likeness (QED) is 0.104. The van der Waals surface area contributed by atoms with Gasteiger partial charge in [0.2, 0.25) is 6.33 Å². The number of pyridine rings is 1. The third-order valence-electron chi connectivity index (χ3n) is 7.03. The molecule has 3 aromatic heterocycles. The molecular formula is C36H33GeIrN3O+. The van der Waals surface area contributed by atoms with E-state index >= 15 is 0 Å². The number of aryl methyl sites for hydroxylation is 2. The maximum Gasteiger partial charge on any atom is 3.00 e. The minimum Gasteiger partial charge on any atom is 3.00 e. The van der Waals surface area contributed by atoms with Crippen molar-refractivity contribution in [2.75, 3.05) is 0 Å². The second kappa shape index (κ2) is 12.4. The van der Waals surface area contributed by atoms with Crippen LogP contribution in [0.2, 0.25) is 17.3 Å². The van der Waals surface area contributed by atoms with Crippen LogP contribution in [0.4, 0.5) is 0 Å². The molecular weight excluding hydrogens is 755 g/mol. The SMILES string of the molecule is [2H]C([2H])(C)[n+]1[c-]n(-c2[c-]cccc2)c2ccccc21.[2H]C([2H])([2H])c1cnc(-c2[c-]ccc3c2oc2ccccc23)c[c]1[Ge]([CH3])([CH3])[CH3].[Ir+3]. The Morgan fingerprint density at radius 1 is 0.952 bits per heavy atom. The van der Waals surface area contributed by atoms with E-state index in [1.165, 1.54) is 17.7 Å². The molecule has 0 bridgehead atoms. The van der Waals surface area contributed by atoms with E-state index < -0.39 is 26.6 Å². The number of hydrogen-bond donors (Lipinski definition) is 0. The Morgan fingerprint density at radius 2 is 1.74 bits per heavy atom. The van der Waals surface area contributed by atoms with E-state index in [9.17, 15) is 0 Å². The van der Waals surface area contributed by atoms with Crippen LogP contribution in [0.5, 0.6) is 0 Å². The van der Waals surface area contributed by atoms with Crippen LogP contribution in [0.15, 0.2) is 102 Å². The van der Waals surface area contributed by atoms with Crippen LogP contribution >= 0.6 is 0 Å². The molecule has 3 heterocycles. The van der Waals surface area contributed by atoms with E-state index in [-0.39, 0.29) is 20.1 Å². The fraction of sp³-hybridized carbons (Fsp3) is 0.167. The fourth-order valence-electron chi connectivity index (χ4n) is 5.02. The minimum absolute atomic E-state index is 0. The van der Waals surface area contributed by atoms with Gasteiger partial charge in [-0.15, -0.1) is 0 Å². The van der Waals surface area contributed by atoms with Crippen molar-refractivity contribution >= 4 is 50.6 Å². The van der Waals surface area contributed by atoms with Gasteiger partial charge in [-0.05, 0) is 6.92 Å². The van der Waals surface area contributed by atoms with Crippen molar-refractivity contribution in [3.8, 4) is 16.9 Å². The Bertz CT molecular complexity index is 2180. The summed E-state index contributed by atoms with van der Waals surface area (Å²) in [6.45, 7) is -2.14. The largest absolute Gasteiger partial charge is 3.00 e. The molecule has 0 N–H and O–H groups in total. The zero-order chi connectivity index (χ0) is 32.9. The van der Waals surface area contributed by atoms with Gasteiger partial charge in [-0.1, -0.05) is 30.0 Å². The van der Waals surface area contributed by atoms with Gasteiger partial charge in [-0.25, -0.2) is 0 Å². The Balaban J connectivity index is 0.000000191. The van der Waals surface area contributed by atoms with E-state index in [2.05, 4.69) is 40.7 Å². The topological polar surface area (TPSA) is 34.8 Å². The van der Waals surface area contributed by atoms with E-state index in [0.717, 1.165) is 48.6 Å². The molecule has 210 valence electrons. The Morgan fingerprint density at radius 3 is 2.50 bits per heavy atom. The first kappa shape index (κ1) is 24.0. The molecule has 0 radical (unpaired) electrons. The third kappa shape index (κ3) is 5.74. The average molecular weight is 794 g/mol. The molecule has 0 saturated carbocycles. The molecule has 0 aliphatic heterocycles. The Labute approximate surface area is 270 Å². The number of aromatic nitrogens is 3. The molecule has 0 aliphatic rings. The van der Waals surface area contributed by atoms with Gasteiger partial charge in [0.15, 0.2) is 0 Å². The summed E-state index contributed by atoms with van der Waals surface area (Å²) in [6, 6.07) is 35.4. The van der Waals surface area contributed by atoms with Crippen LogP contribution < -0.4 is 8.96 Å². The van der Waals surface area contributed by atoms with Gasteiger partial charge in [-0.2, -0.15) is 30.3 Å². The molecule has 0 fully saturated rings. The van der Waals surface area contributed by atoms with Crippen molar-refractivity contribution in [3.05, 3.63) is 121 Å². The normalized spacial score (nSPS) is 13.8. The summed E-state index contributed by atoms with van der Waals surface area (Å²) in [5, 5.41) is 2.07. The number of rotatable bonds is 4. The van der Waals surface area contributed by atoms with Gasteiger partial charge in [0.25, 0.3) is 0 Å². The number of hydrogen-bond acceptors (Lipinski definition) is 2. The predicted molar refractivity (Wildman–Crippen MR) is 170 cm³/mol. The average Bonchev–Trinajstić information content (AvgIpc) is 3.60. The van der Waals surface area contributed by atoms with E-state index in [1.54, 1.807) is 0 Å². The molecule has 6 heteroatoms. The molecule has 4 aromatic carbocycles. The number of imidazole rings is 1. The molecule has 0 spiro atoms. The monoisotopic (exact) mass is 795 g/mol. The Hall–Kier alpha value is -3.51. The summed E-state index contributed by atoms with van der Waals surface area (Å²) < 4.78 is 49.8. The minimum atomic E-state index is -2.44. The standard InChI is InChI=1S/C21H20GeNO.C15H13N2.Ir/c1-14-13-23-19(12-18(14)22(2,3)4)17-10-7-9-16-15-8-5-6-11-20(15)24-21(16)17;1-2-16-12-17(13-8-4-3-5-9-13)15-11-7-6-10-14(15)16;/h5-9,11-13H,1-4H3;3-8,10-11H,2H2,1H3;/q2*-1;+3/i1D3;2D2;. The number of nitrogens with zero attached hydrogens (tertiary/aromatic N) is 3. The predicted octanol–water partition coefficient (Wildman–Crippen LogP) is 7.84. The van der Waals surface area contributed by atoms with Gasteiger partial charge in [-0.3, -0.25) is 0 Å². The van der Waals surface area contributed by atoms with Gasteiger partial charge in [0.05, 0.1) is 20.3 Å². The van der Waals surface area contributed by atoms with Crippen molar-refractivity contribution in [2.45, 2.75) is 37.5 Å². The first-order valence-corrected chi connectivity index (χ1v) is 20.8. The van der Waals surface area contributed by atoms with Crippen LogP contribution in [0.3, 0.4) is 0 Å². The number of fused-ring (bicyclic) bond motifs is 4. The summed E-state index contributed by atoms with van der Waals surface area (Å²) in [5.41, 5.74) is 5.98. The van der Waals surface area contributed by atoms with Crippen LogP contribution in [0.1, 0.15) is 19.3 Å². The fourth-order valence-corrected chi connectivity index (χ4v) is 8.05. The van der Waals surface area contributed by atoms with E-state index in [0.29, 0.717) is 11.3 Å². The van der Waals surface area contributed by atoms with Gasteiger partial charge in [0, 0.05) is 0 Å². The van der Waals surface area contributed by atoms with Crippen LogP contribution in [-0.2, 0) is 26.6 Å². The summed E-state index contributed by atoms with van der Waals surface area (Å²) in [5.74, 6) is 6.58. The summed E-state index contributed by atoms with van der Waals surface area (Å²) in [7, 11) is 0. The molecule has 7 aromatic rings. The second-order valence-corrected chi connectivity index (χ2v) is 21.4. The maximum absolute atomic E-state index is 7.91. The van der Waals surface area contributed by atoms with Gasteiger partial charge < -0.3 is 9.13 Å². The van der Waals surface area contributed by atoms with Gasteiger partial charge >= 0.3 is 169 Å². The molecule has 0 saturated heterocycles. The van der Waals surface area contributed by atoms with E-state index in [4.69, 9.17) is 11.3 Å². The summed E-state index contributed by atoms with van der Waals surface area (Å²) in [6.07, 6.45) is 4.59. The molecule has 7 rings (SSSR count). The van der Waals surface area contributed by atoms with Crippen molar-refractivity contribution in [1.82, 2.24) is 9.55 Å². The van der Waals surface area contributed by atoms with E-state index in [1.807, 2.05) is 95.6 Å². The third-order valence-corrected chi connectivity index (χ3v) is 11.3. The van der Waals surface area contributed by atoms with Crippen LogP contribution in [-0.4, -0.2) is 22.8 Å². The summed E-state index contributed by atoms with van der Waals surface area (Å²) in [4.78, 5) is 4.49. The number of para-hydroxylation sites is 4. The molecule has 0 unspecified atom stereocenters.